The second kappa shape index (κ2) is 7.47. The van der Waals surface area contributed by atoms with Gasteiger partial charge in [-0.3, -0.25) is 4.79 Å². The molecule has 0 bridgehead atoms. The number of carbonyl (C=O) groups excluding carboxylic acids is 1. The van der Waals surface area contributed by atoms with Crippen molar-refractivity contribution in [2.24, 2.45) is 11.8 Å². The van der Waals surface area contributed by atoms with Crippen LogP contribution >= 0.6 is 0 Å². The molecular weight excluding hydrogens is 260 g/mol. The average Bonchev–Trinajstić information content (AvgIpc) is 2.37. The molecule has 3 unspecified atom stereocenters. The van der Waals surface area contributed by atoms with Crippen molar-refractivity contribution in [1.82, 2.24) is 9.80 Å². The summed E-state index contributed by atoms with van der Waals surface area (Å²) in [5, 5.41) is 8.95. The first kappa shape index (κ1) is 16.8. The molecule has 6 nitrogen and oxygen atoms in total. The Kier molecular flexibility index (Phi) is 6.26. The molecule has 116 valence electrons. The fourth-order valence-corrected chi connectivity index (χ4v) is 2.76. The number of urea groups is 1. The second-order valence-corrected chi connectivity index (χ2v) is 5.80. The molecule has 1 aliphatic rings. The van der Waals surface area contributed by atoms with Crippen molar-refractivity contribution in [3.05, 3.63) is 0 Å². The molecule has 20 heavy (non-hydrogen) atoms. The SMILES string of the molecule is COCCN(CC(=O)O)C(=O)N1CC(C)CC(C)C1C. The van der Waals surface area contributed by atoms with Gasteiger partial charge in [0, 0.05) is 26.2 Å². The maximum atomic E-state index is 12.6. The van der Waals surface area contributed by atoms with Gasteiger partial charge in [0.15, 0.2) is 0 Å². The predicted octanol–water partition coefficient (Wildman–Crippen LogP) is 1.51. The number of likely N-dealkylation sites (tertiary alicyclic amines) is 1. The number of carboxylic acids is 1. The lowest BCUT2D eigenvalue weighted by Gasteiger charge is -2.43. The summed E-state index contributed by atoms with van der Waals surface area (Å²) in [6.45, 7) is 7.34. The number of hydrogen-bond donors (Lipinski definition) is 1. The van der Waals surface area contributed by atoms with Crippen molar-refractivity contribution in [3.8, 4) is 0 Å². The van der Waals surface area contributed by atoms with Crippen LogP contribution in [0.5, 0.6) is 0 Å². The molecule has 1 saturated heterocycles. The van der Waals surface area contributed by atoms with Crippen molar-refractivity contribution in [3.63, 3.8) is 0 Å². The Balaban J connectivity index is 2.77. The summed E-state index contributed by atoms with van der Waals surface area (Å²) < 4.78 is 4.96. The highest BCUT2D eigenvalue weighted by Crippen LogP contribution is 2.27. The van der Waals surface area contributed by atoms with E-state index in [1.807, 2.05) is 6.92 Å². The highest BCUT2D eigenvalue weighted by atomic mass is 16.5. The molecule has 1 N–H and O–H groups in total. The van der Waals surface area contributed by atoms with Crippen molar-refractivity contribution in [2.75, 3.05) is 33.4 Å². The second-order valence-electron chi connectivity index (χ2n) is 5.80. The molecule has 2 amide bonds. The number of nitrogens with zero attached hydrogens (tertiary/aromatic N) is 2. The standard InChI is InChI=1S/C14H26N2O4/c1-10-7-11(2)12(3)16(8-10)14(19)15(5-6-20-4)9-13(17)18/h10-12H,5-9H2,1-4H3,(H,17,18). The first-order valence-corrected chi connectivity index (χ1v) is 7.13. The Morgan fingerprint density at radius 2 is 2.00 bits per heavy atom. The zero-order chi connectivity index (χ0) is 15.3. The summed E-state index contributed by atoms with van der Waals surface area (Å²) in [5.41, 5.74) is 0. The zero-order valence-electron chi connectivity index (χ0n) is 12.8. The maximum Gasteiger partial charge on any atom is 0.323 e. The highest BCUT2D eigenvalue weighted by Gasteiger charge is 2.34. The summed E-state index contributed by atoms with van der Waals surface area (Å²) in [5.74, 6) is -0.128. The van der Waals surface area contributed by atoms with Gasteiger partial charge in [0.05, 0.1) is 6.61 Å². The number of ether oxygens (including phenoxy) is 1. The quantitative estimate of drug-likeness (QED) is 0.831. The van der Waals surface area contributed by atoms with Gasteiger partial charge in [-0.25, -0.2) is 4.79 Å². The van der Waals surface area contributed by atoms with Crippen LogP contribution in [0, 0.1) is 11.8 Å². The topological polar surface area (TPSA) is 70.1 Å². The Morgan fingerprint density at radius 1 is 1.35 bits per heavy atom. The van der Waals surface area contributed by atoms with Gasteiger partial charge < -0.3 is 19.6 Å². The maximum absolute atomic E-state index is 12.6. The molecule has 0 aliphatic carbocycles. The van der Waals surface area contributed by atoms with E-state index in [-0.39, 0.29) is 18.6 Å². The molecule has 1 heterocycles. The van der Waals surface area contributed by atoms with E-state index in [0.29, 0.717) is 31.5 Å². The molecule has 0 spiro atoms. The fraction of sp³-hybridized carbons (Fsp3) is 0.857. The molecule has 0 aromatic carbocycles. The number of rotatable bonds is 5. The number of hydrogen-bond acceptors (Lipinski definition) is 3. The van der Waals surface area contributed by atoms with Gasteiger partial charge in [0.2, 0.25) is 0 Å². The number of amides is 2. The van der Waals surface area contributed by atoms with E-state index >= 15 is 0 Å². The molecule has 0 aromatic heterocycles. The van der Waals surface area contributed by atoms with Crippen LogP contribution in [-0.4, -0.2) is 66.3 Å². The number of piperidine rings is 1. The molecule has 1 fully saturated rings. The van der Waals surface area contributed by atoms with Crippen LogP contribution in [0.1, 0.15) is 27.2 Å². The minimum atomic E-state index is -1.000. The Morgan fingerprint density at radius 3 is 2.55 bits per heavy atom. The van der Waals surface area contributed by atoms with Crippen LogP contribution in [-0.2, 0) is 9.53 Å². The number of aliphatic carboxylic acids is 1. The lowest BCUT2D eigenvalue weighted by Crippen LogP contribution is -2.55. The molecule has 0 saturated carbocycles. The summed E-state index contributed by atoms with van der Waals surface area (Å²) in [6.07, 6.45) is 1.10. The molecule has 6 heteroatoms. The van der Waals surface area contributed by atoms with Crippen LogP contribution in [0.2, 0.25) is 0 Å². The van der Waals surface area contributed by atoms with Gasteiger partial charge >= 0.3 is 12.0 Å². The fourth-order valence-electron chi connectivity index (χ4n) is 2.76. The number of carboxylic acid groups (broad SMARTS) is 1. The van der Waals surface area contributed by atoms with E-state index in [9.17, 15) is 9.59 Å². The number of methoxy groups -OCH3 is 1. The smallest absolute Gasteiger partial charge is 0.323 e. The van der Waals surface area contributed by atoms with Gasteiger partial charge in [-0.05, 0) is 25.2 Å². The van der Waals surface area contributed by atoms with Crippen molar-refractivity contribution in [1.29, 1.82) is 0 Å². The molecular formula is C14H26N2O4. The van der Waals surface area contributed by atoms with Crippen molar-refractivity contribution >= 4 is 12.0 Å². The van der Waals surface area contributed by atoms with Crippen molar-refractivity contribution in [2.45, 2.75) is 33.2 Å². The molecule has 1 rings (SSSR count). The largest absolute Gasteiger partial charge is 0.480 e. The lowest BCUT2D eigenvalue weighted by atomic mass is 9.86. The van der Waals surface area contributed by atoms with Crippen LogP contribution in [0.3, 0.4) is 0 Å². The van der Waals surface area contributed by atoms with Crippen LogP contribution in [0.25, 0.3) is 0 Å². The first-order valence-electron chi connectivity index (χ1n) is 7.13. The zero-order valence-corrected chi connectivity index (χ0v) is 12.8. The van der Waals surface area contributed by atoms with E-state index in [1.54, 1.807) is 4.90 Å². The highest BCUT2D eigenvalue weighted by molar-refractivity contribution is 5.80. The van der Waals surface area contributed by atoms with Gasteiger partial charge in [-0.15, -0.1) is 0 Å². The summed E-state index contributed by atoms with van der Waals surface area (Å²) >= 11 is 0. The third kappa shape index (κ3) is 4.37. The summed E-state index contributed by atoms with van der Waals surface area (Å²) in [7, 11) is 1.54. The Labute approximate surface area is 120 Å². The predicted molar refractivity (Wildman–Crippen MR) is 75.6 cm³/mol. The lowest BCUT2D eigenvalue weighted by molar-refractivity contribution is -0.138. The average molecular weight is 286 g/mol. The van der Waals surface area contributed by atoms with Crippen LogP contribution in [0.4, 0.5) is 4.79 Å². The Bertz CT molecular complexity index is 348. The molecule has 0 aromatic rings. The van der Waals surface area contributed by atoms with Crippen LogP contribution < -0.4 is 0 Å². The Hall–Kier alpha value is -1.30. The third-order valence-electron chi connectivity index (χ3n) is 4.01. The monoisotopic (exact) mass is 286 g/mol. The molecule has 0 radical (unpaired) electrons. The first-order chi connectivity index (χ1) is 9.36. The minimum absolute atomic E-state index is 0.137. The number of carbonyl (C=O) groups is 2. The van der Waals surface area contributed by atoms with Crippen LogP contribution in [0.15, 0.2) is 0 Å². The summed E-state index contributed by atoms with van der Waals surface area (Å²) in [6, 6.07) is -0.0621. The van der Waals surface area contributed by atoms with E-state index in [4.69, 9.17) is 9.84 Å². The minimum Gasteiger partial charge on any atom is -0.480 e. The van der Waals surface area contributed by atoms with E-state index in [0.717, 1.165) is 6.42 Å². The third-order valence-corrected chi connectivity index (χ3v) is 4.01. The molecule has 3 atom stereocenters. The summed E-state index contributed by atoms with van der Waals surface area (Å²) in [4.78, 5) is 26.6. The van der Waals surface area contributed by atoms with E-state index < -0.39 is 5.97 Å². The molecule has 1 aliphatic heterocycles. The van der Waals surface area contributed by atoms with E-state index in [2.05, 4.69) is 13.8 Å². The van der Waals surface area contributed by atoms with Crippen molar-refractivity contribution < 1.29 is 19.4 Å². The van der Waals surface area contributed by atoms with E-state index in [1.165, 1.54) is 12.0 Å². The van der Waals surface area contributed by atoms with Gasteiger partial charge in [-0.2, -0.15) is 0 Å². The van der Waals surface area contributed by atoms with Gasteiger partial charge in [-0.1, -0.05) is 13.8 Å². The van der Waals surface area contributed by atoms with Gasteiger partial charge in [0.25, 0.3) is 0 Å². The van der Waals surface area contributed by atoms with Gasteiger partial charge in [0.1, 0.15) is 6.54 Å². The normalized spacial score (nSPS) is 26.4.